The van der Waals surface area contributed by atoms with Crippen LogP contribution in [0.3, 0.4) is 0 Å². The molecule has 2 atom stereocenters. The molecule has 0 saturated carbocycles. The van der Waals surface area contributed by atoms with Crippen LogP contribution >= 0.6 is 0 Å². The predicted octanol–water partition coefficient (Wildman–Crippen LogP) is 1.80. The lowest BCUT2D eigenvalue weighted by Crippen LogP contribution is -2.42. The number of fused-ring (bicyclic) bond motifs is 1. The Balaban J connectivity index is 1.36. The van der Waals surface area contributed by atoms with Gasteiger partial charge in [-0.05, 0) is 32.3 Å². The van der Waals surface area contributed by atoms with Crippen LogP contribution < -0.4 is 4.72 Å². The first-order chi connectivity index (χ1) is 12.9. The lowest BCUT2D eigenvalue weighted by molar-refractivity contribution is -0.132. The van der Waals surface area contributed by atoms with E-state index in [4.69, 9.17) is 4.42 Å². The zero-order valence-corrected chi connectivity index (χ0v) is 16.2. The van der Waals surface area contributed by atoms with E-state index in [0.29, 0.717) is 37.7 Å². The molecule has 3 heterocycles. The van der Waals surface area contributed by atoms with Crippen LogP contribution in [0.1, 0.15) is 26.2 Å². The standard InChI is InChI=1S/C19H25N3O4S/c1-14-5-4-9-22(14)18(23)13-21-10-8-16(12-21)20-27(24,25)19-11-15-6-2-3-7-17(15)26-19/h2-3,6-7,11,14,16,20H,4-5,8-10,12-13H2,1H3/t14-,16+/m1/s1. The summed E-state index contributed by atoms with van der Waals surface area (Å²) in [4.78, 5) is 16.4. The van der Waals surface area contributed by atoms with Gasteiger partial charge in [0.05, 0.1) is 6.54 Å². The summed E-state index contributed by atoms with van der Waals surface area (Å²) in [5.74, 6) is 0.140. The van der Waals surface area contributed by atoms with Crippen molar-refractivity contribution < 1.29 is 17.6 Å². The van der Waals surface area contributed by atoms with Gasteiger partial charge in [0, 0.05) is 43.2 Å². The molecule has 0 unspecified atom stereocenters. The summed E-state index contributed by atoms with van der Waals surface area (Å²) in [6, 6.07) is 8.85. The largest absolute Gasteiger partial charge is 0.443 e. The molecule has 7 nitrogen and oxygen atoms in total. The van der Waals surface area contributed by atoms with Crippen molar-refractivity contribution in [3.8, 4) is 0 Å². The van der Waals surface area contributed by atoms with Gasteiger partial charge in [0.2, 0.25) is 11.0 Å². The first-order valence-corrected chi connectivity index (χ1v) is 10.9. The maximum atomic E-state index is 12.6. The van der Waals surface area contributed by atoms with Gasteiger partial charge in [-0.15, -0.1) is 0 Å². The van der Waals surface area contributed by atoms with E-state index >= 15 is 0 Å². The molecule has 1 aromatic heterocycles. The van der Waals surface area contributed by atoms with E-state index in [1.54, 1.807) is 12.1 Å². The summed E-state index contributed by atoms with van der Waals surface area (Å²) in [5.41, 5.74) is 0.552. The fourth-order valence-electron chi connectivity index (χ4n) is 4.03. The quantitative estimate of drug-likeness (QED) is 0.840. The molecule has 27 heavy (non-hydrogen) atoms. The molecule has 0 bridgehead atoms. The monoisotopic (exact) mass is 391 g/mol. The summed E-state index contributed by atoms with van der Waals surface area (Å²) < 4.78 is 33.5. The molecular weight excluding hydrogens is 366 g/mol. The second kappa shape index (κ2) is 7.26. The van der Waals surface area contributed by atoms with Crippen molar-refractivity contribution in [2.45, 2.75) is 43.4 Å². The molecule has 1 aromatic carbocycles. The number of para-hydroxylation sites is 1. The number of hydrogen-bond acceptors (Lipinski definition) is 5. The van der Waals surface area contributed by atoms with Crippen molar-refractivity contribution >= 4 is 26.9 Å². The van der Waals surface area contributed by atoms with E-state index in [0.717, 1.165) is 24.8 Å². The van der Waals surface area contributed by atoms with Crippen LogP contribution in [0.5, 0.6) is 0 Å². The van der Waals surface area contributed by atoms with Crippen LogP contribution in [-0.4, -0.2) is 62.4 Å². The van der Waals surface area contributed by atoms with E-state index in [1.165, 1.54) is 0 Å². The average molecular weight is 391 g/mol. The Morgan fingerprint density at radius 3 is 2.81 bits per heavy atom. The molecule has 1 N–H and O–H groups in total. The maximum Gasteiger partial charge on any atom is 0.274 e. The third-order valence-corrected chi connectivity index (χ3v) is 6.87. The van der Waals surface area contributed by atoms with Crippen LogP contribution in [-0.2, 0) is 14.8 Å². The van der Waals surface area contributed by atoms with Gasteiger partial charge in [0.1, 0.15) is 5.58 Å². The molecule has 2 fully saturated rings. The van der Waals surface area contributed by atoms with Crippen molar-refractivity contribution in [2.75, 3.05) is 26.2 Å². The lowest BCUT2D eigenvalue weighted by atomic mass is 10.2. The molecule has 8 heteroatoms. The van der Waals surface area contributed by atoms with Crippen LogP contribution in [0.25, 0.3) is 11.0 Å². The Morgan fingerprint density at radius 1 is 1.26 bits per heavy atom. The number of carbonyl (C=O) groups excluding carboxylic acids is 1. The number of furan rings is 1. The second-order valence-electron chi connectivity index (χ2n) is 7.52. The third kappa shape index (κ3) is 3.88. The minimum absolute atomic E-state index is 0.0656. The SMILES string of the molecule is C[C@@H]1CCCN1C(=O)CN1CC[C@H](NS(=O)(=O)c2cc3ccccc3o2)C1. The molecule has 0 aliphatic carbocycles. The van der Waals surface area contributed by atoms with E-state index in [9.17, 15) is 13.2 Å². The van der Waals surface area contributed by atoms with Gasteiger partial charge in [0.25, 0.3) is 10.0 Å². The van der Waals surface area contributed by atoms with Crippen molar-refractivity contribution in [1.29, 1.82) is 0 Å². The fourth-order valence-corrected chi connectivity index (χ4v) is 5.25. The maximum absolute atomic E-state index is 12.6. The predicted molar refractivity (Wildman–Crippen MR) is 102 cm³/mol. The minimum Gasteiger partial charge on any atom is -0.443 e. The number of benzene rings is 1. The summed E-state index contributed by atoms with van der Waals surface area (Å²) >= 11 is 0. The van der Waals surface area contributed by atoms with Crippen molar-refractivity contribution in [1.82, 2.24) is 14.5 Å². The minimum atomic E-state index is -3.72. The number of nitrogens with one attached hydrogen (secondary N) is 1. The Kier molecular flexibility index (Phi) is 4.96. The molecule has 1 amide bonds. The number of likely N-dealkylation sites (tertiary alicyclic amines) is 2. The number of rotatable bonds is 5. The van der Waals surface area contributed by atoms with Gasteiger partial charge in [-0.1, -0.05) is 18.2 Å². The highest BCUT2D eigenvalue weighted by molar-refractivity contribution is 7.89. The number of sulfonamides is 1. The number of amides is 1. The van der Waals surface area contributed by atoms with Gasteiger partial charge < -0.3 is 9.32 Å². The van der Waals surface area contributed by atoms with Crippen LogP contribution in [0.2, 0.25) is 0 Å². The van der Waals surface area contributed by atoms with Crippen molar-refractivity contribution in [3.05, 3.63) is 30.3 Å². The Morgan fingerprint density at radius 2 is 2.07 bits per heavy atom. The van der Waals surface area contributed by atoms with Crippen LogP contribution in [0, 0.1) is 0 Å². The first kappa shape index (κ1) is 18.5. The molecule has 2 saturated heterocycles. The van der Waals surface area contributed by atoms with E-state index < -0.39 is 10.0 Å². The zero-order valence-electron chi connectivity index (χ0n) is 15.4. The highest BCUT2D eigenvalue weighted by atomic mass is 32.2. The third-order valence-electron chi connectivity index (χ3n) is 5.49. The fraction of sp³-hybridized carbons (Fsp3) is 0.526. The number of nitrogens with zero attached hydrogens (tertiary/aromatic N) is 2. The average Bonchev–Trinajstić information content (AvgIpc) is 3.34. The Bertz CT molecular complexity index is 906. The molecule has 4 rings (SSSR count). The first-order valence-electron chi connectivity index (χ1n) is 9.45. The molecular formula is C19H25N3O4S. The second-order valence-corrected chi connectivity index (χ2v) is 9.17. The summed E-state index contributed by atoms with van der Waals surface area (Å²) in [7, 11) is -3.72. The molecule has 2 aromatic rings. The topological polar surface area (TPSA) is 82.9 Å². The molecule has 2 aliphatic heterocycles. The molecule has 0 spiro atoms. The molecule has 2 aliphatic rings. The summed E-state index contributed by atoms with van der Waals surface area (Å²) in [5, 5.41) is 0.695. The van der Waals surface area contributed by atoms with Crippen molar-refractivity contribution in [3.63, 3.8) is 0 Å². The van der Waals surface area contributed by atoms with Gasteiger partial charge in [-0.2, -0.15) is 0 Å². The van der Waals surface area contributed by atoms with E-state index in [-0.39, 0.29) is 17.0 Å². The van der Waals surface area contributed by atoms with Crippen molar-refractivity contribution in [2.24, 2.45) is 0 Å². The highest BCUT2D eigenvalue weighted by Crippen LogP contribution is 2.23. The molecule has 146 valence electrons. The van der Waals surface area contributed by atoms with E-state index in [1.807, 2.05) is 28.0 Å². The Hall–Kier alpha value is -1.90. The normalized spacial score (nSPS) is 24.1. The molecule has 0 radical (unpaired) electrons. The van der Waals surface area contributed by atoms with E-state index in [2.05, 4.69) is 11.6 Å². The number of hydrogen-bond donors (Lipinski definition) is 1. The summed E-state index contributed by atoms with van der Waals surface area (Å²) in [6.45, 7) is 4.51. The zero-order chi connectivity index (χ0) is 19.0. The van der Waals surface area contributed by atoms with Crippen LogP contribution in [0.4, 0.5) is 0 Å². The number of carbonyl (C=O) groups is 1. The van der Waals surface area contributed by atoms with Gasteiger partial charge in [-0.25, -0.2) is 13.1 Å². The van der Waals surface area contributed by atoms with Gasteiger partial charge in [0.15, 0.2) is 0 Å². The van der Waals surface area contributed by atoms with Crippen LogP contribution in [0.15, 0.2) is 39.8 Å². The van der Waals surface area contributed by atoms with Gasteiger partial charge >= 0.3 is 0 Å². The lowest BCUT2D eigenvalue weighted by Gasteiger charge is -2.24. The Labute approximate surface area is 159 Å². The van der Waals surface area contributed by atoms with Gasteiger partial charge in [-0.3, -0.25) is 9.69 Å². The smallest absolute Gasteiger partial charge is 0.274 e. The summed E-state index contributed by atoms with van der Waals surface area (Å²) in [6.07, 6.45) is 2.81. The highest BCUT2D eigenvalue weighted by Gasteiger charge is 2.32.